The van der Waals surface area contributed by atoms with Crippen molar-refractivity contribution in [3.05, 3.63) is 23.9 Å². The van der Waals surface area contributed by atoms with Crippen LogP contribution >= 0.6 is 0 Å². The predicted octanol–water partition coefficient (Wildman–Crippen LogP) is 4.07. The average molecular weight is 288 g/mol. The zero-order chi connectivity index (χ0) is 14.9. The van der Waals surface area contributed by atoms with Gasteiger partial charge in [-0.1, -0.05) is 26.8 Å². The summed E-state index contributed by atoms with van der Waals surface area (Å²) in [4.78, 5) is 4.60. The Morgan fingerprint density at radius 3 is 2.57 bits per heavy atom. The summed E-state index contributed by atoms with van der Waals surface area (Å²) >= 11 is 0. The lowest BCUT2D eigenvalue weighted by Crippen LogP contribution is -2.22. The maximum Gasteiger partial charge on any atom is 0.125 e. The molecule has 0 radical (unpaired) electrons. The molecule has 3 rings (SSSR count). The predicted molar refractivity (Wildman–Crippen MR) is 86.6 cm³/mol. The van der Waals surface area contributed by atoms with Crippen molar-refractivity contribution in [2.24, 2.45) is 17.3 Å². The van der Waals surface area contributed by atoms with Crippen LogP contribution in [0.5, 0.6) is 0 Å². The van der Waals surface area contributed by atoms with Crippen LogP contribution in [0.15, 0.2) is 18.3 Å². The molecule has 2 aliphatic rings. The van der Waals surface area contributed by atoms with E-state index in [0.29, 0.717) is 5.41 Å². The molecule has 3 heteroatoms. The highest BCUT2D eigenvalue weighted by Gasteiger charge is 2.45. The largest absolute Gasteiger partial charge is 0.381 e. The Kier molecular flexibility index (Phi) is 4.21. The quantitative estimate of drug-likeness (QED) is 0.907. The van der Waals surface area contributed by atoms with E-state index < -0.39 is 0 Å². The Bertz CT molecular complexity index is 457. The van der Waals surface area contributed by atoms with E-state index in [4.69, 9.17) is 4.74 Å². The number of hydrogen-bond acceptors (Lipinski definition) is 3. The summed E-state index contributed by atoms with van der Waals surface area (Å²) in [5.41, 5.74) is 1.83. The van der Waals surface area contributed by atoms with Gasteiger partial charge in [-0.05, 0) is 54.1 Å². The molecule has 1 aromatic heterocycles. The maximum absolute atomic E-state index is 5.39. The minimum atomic E-state index is 0.421. The summed E-state index contributed by atoms with van der Waals surface area (Å²) in [6, 6.07) is 4.41. The number of anilines is 1. The molecule has 2 atom stereocenters. The zero-order valence-electron chi connectivity index (χ0n) is 13.6. The molecule has 1 saturated heterocycles. The Hall–Kier alpha value is -1.09. The fourth-order valence-electron chi connectivity index (χ4n) is 3.45. The van der Waals surface area contributed by atoms with Crippen molar-refractivity contribution in [3.8, 4) is 0 Å². The molecule has 3 nitrogen and oxygen atoms in total. The summed E-state index contributed by atoms with van der Waals surface area (Å²) in [6.45, 7) is 9.87. The molecule has 1 aliphatic heterocycles. The SMILES string of the molecule is CC(C)(C)[C@@H]1C[C@H]1c1ccc(NCC2CCOCC2)nc1. The molecule has 116 valence electrons. The smallest absolute Gasteiger partial charge is 0.125 e. The summed E-state index contributed by atoms with van der Waals surface area (Å²) in [5.74, 6) is 3.29. The van der Waals surface area contributed by atoms with Crippen molar-refractivity contribution in [3.63, 3.8) is 0 Å². The topological polar surface area (TPSA) is 34.1 Å². The molecule has 0 amide bonds. The van der Waals surface area contributed by atoms with Crippen molar-refractivity contribution in [2.45, 2.75) is 46.0 Å². The van der Waals surface area contributed by atoms with Crippen molar-refractivity contribution in [2.75, 3.05) is 25.1 Å². The van der Waals surface area contributed by atoms with Gasteiger partial charge in [0.2, 0.25) is 0 Å². The molecule has 2 fully saturated rings. The third-order valence-corrected chi connectivity index (χ3v) is 5.03. The fraction of sp³-hybridized carbons (Fsp3) is 0.722. The van der Waals surface area contributed by atoms with Gasteiger partial charge in [-0.25, -0.2) is 4.98 Å². The summed E-state index contributed by atoms with van der Waals surface area (Å²) < 4.78 is 5.39. The number of aromatic nitrogens is 1. The van der Waals surface area contributed by atoms with E-state index in [1.54, 1.807) is 0 Å². The lowest BCUT2D eigenvalue weighted by molar-refractivity contribution is 0.0699. The van der Waals surface area contributed by atoms with Crippen LogP contribution in [0.4, 0.5) is 5.82 Å². The molecule has 1 aromatic rings. The number of hydrogen-bond donors (Lipinski definition) is 1. The molecule has 1 N–H and O–H groups in total. The van der Waals surface area contributed by atoms with Crippen LogP contribution in [0.3, 0.4) is 0 Å². The Balaban J connectivity index is 1.50. The van der Waals surface area contributed by atoms with Crippen molar-refractivity contribution < 1.29 is 4.74 Å². The lowest BCUT2D eigenvalue weighted by atomic mass is 9.88. The number of nitrogens with zero attached hydrogens (tertiary/aromatic N) is 1. The van der Waals surface area contributed by atoms with Gasteiger partial charge in [0, 0.05) is 26.0 Å². The second-order valence-electron chi connectivity index (χ2n) is 7.73. The molecule has 0 bridgehead atoms. The molecule has 2 heterocycles. The number of ether oxygens (including phenoxy) is 1. The van der Waals surface area contributed by atoms with E-state index in [2.05, 4.69) is 49.4 Å². The van der Waals surface area contributed by atoms with Gasteiger partial charge in [0.15, 0.2) is 0 Å². The van der Waals surface area contributed by atoms with Crippen LogP contribution in [0.1, 0.15) is 51.5 Å². The molecule has 21 heavy (non-hydrogen) atoms. The molecule has 0 unspecified atom stereocenters. The van der Waals surface area contributed by atoms with Gasteiger partial charge >= 0.3 is 0 Å². The Morgan fingerprint density at radius 2 is 2.00 bits per heavy atom. The number of pyridine rings is 1. The van der Waals surface area contributed by atoms with Gasteiger partial charge in [0.05, 0.1) is 0 Å². The van der Waals surface area contributed by atoms with Crippen LogP contribution in [-0.2, 0) is 4.74 Å². The monoisotopic (exact) mass is 288 g/mol. The normalized spacial score (nSPS) is 26.6. The molecular formula is C18H28N2O. The second-order valence-corrected chi connectivity index (χ2v) is 7.73. The van der Waals surface area contributed by atoms with Crippen molar-refractivity contribution in [1.82, 2.24) is 4.98 Å². The van der Waals surface area contributed by atoms with Crippen LogP contribution in [0.25, 0.3) is 0 Å². The molecular weight excluding hydrogens is 260 g/mol. The van der Waals surface area contributed by atoms with Gasteiger partial charge in [-0.3, -0.25) is 0 Å². The molecule has 1 saturated carbocycles. The Labute approximate surface area is 128 Å². The first kappa shape index (κ1) is 14.8. The van der Waals surface area contributed by atoms with Gasteiger partial charge in [0.25, 0.3) is 0 Å². The average Bonchev–Trinajstić information content (AvgIpc) is 3.27. The van der Waals surface area contributed by atoms with Crippen LogP contribution in [0, 0.1) is 17.3 Å². The highest BCUT2D eigenvalue weighted by atomic mass is 16.5. The third-order valence-electron chi connectivity index (χ3n) is 5.03. The number of rotatable bonds is 4. The first-order chi connectivity index (χ1) is 10.0. The molecule has 0 spiro atoms. The fourth-order valence-corrected chi connectivity index (χ4v) is 3.45. The van der Waals surface area contributed by atoms with E-state index in [0.717, 1.165) is 43.3 Å². The summed E-state index contributed by atoms with van der Waals surface area (Å²) in [6.07, 6.45) is 5.73. The van der Waals surface area contributed by atoms with Crippen LogP contribution < -0.4 is 5.32 Å². The van der Waals surface area contributed by atoms with Gasteiger partial charge < -0.3 is 10.1 Å². The standard InChI is InChI=1S/C18H28N2O/c1-18(2,3)16-10-15(16)14-4-5-17(20-12-14)19-11-13-6-8-21-9-7-13/h4-5,12-13,15-16H,6-11H2,1-3H3,(H,19,20)/t15-,16+/m0/s1. The molecule has 0 aromatic carbocycles. The van der Waals surface area contributed by atoms with Crippen LogP contribution in [0.2, 0.25) is 0 Å². The van der Waals surface area contributed by atoms with E-state index in [1.807, 2.05) is 0 Å². The van der Waals surface area contributed by atoms with Gasteiger partial charge in [-0.2, -0.15) is 0 Å². The highest BCUT2D eigenvalue weighted by Crippen LogP contribution is 2.56. The van der Waals surface area contributed by atoms with E-state index in [1.165, 1.54) is 24.8 Å². The van der Waals surface area contributed by atoms with Crippen molar-refractivity contribution in [1.29, 1.82) is 0 Å². The summed E-state index contributed by atoms with van der Waals surface area (Å²) in [5, 5.41) is 3.48. The van der Waals surface area contributed by atoms with E-state index in [9.17, 15) is 0 Å². The first-order valence-corrected chi connectivity index (χ1v) is 8.31. The first-order valence-electron chi connectivity index (χ1n) is 8.31. The van der Waals surface area contributed by atoms with Crippen LogP contribution in [-0.4, -0.2) is 24.7 Å². The van der Waals surface area contributed by atoms with Gasteiger partial charge in [-0.15, -0.1) is 0 Å². The maximum atomic E-state index is 5.39. The Morgan fingerprint density at radius 1 is 1.24 bits per heavy atom. The minimum absolute atomic E-state index is 0.421. The highest BCUT2D eigenvalue weighted by molar-refractivity contribution is 5.38. The van der Waals surface area contributed by atoms with Crippen molar-refractivity contribution >= 4 is 5.82 Å². The number of nitrogens with one attached hydrogen (secondary N) is 1. The molecule has 1 aliphatic carbocycles. The zero-order valence-corrected chi connectivity index (χ0v) is 13.6. The second kappa shape index (κ2) is 5.96. The van der Waals surface area contributed by atoms with E-state index >= 15 is 0 Å². The van der Waals surface area contributed by atoms with E-state index in [-0.39, 0.29) is 0 Å². The van der Waals surface area contributed by atoms with Gasteiger partial charge in [0.1, 0.15) is 5.82 Å². The lowest BCUT2D eigenvalue weighted by Gasteiger charge is -2.22. The summed E-state index contributed by atoms with van der Waals surface area (Å²) in [7, 11) is 0. The third kappa shape index (κ3) is 3.76. The minimum Gasteiger partial charge on any atom is -0.381 e.